The summed E-state index contributed by atoms with van der Waals surface area (Å²) in [5, 5.41) is 0. The molecule has 0 bridgehead atoms. The van der Waals surface area contributed by atoms with Crippen LogP contribution in [0.1, 0.15) is 12.0 Å². The Morgan fingerprint density at radius 1 is 1.16 bits per heavy atom. The highest BCUT2D eigenvalue weighted by atomic mass is 16.7. The van der Waals surface area contributed by atoms with Crippen LogP contribution in [0.4, 0.5) is 0 Å². The molecule has 0 aliphatic rings. The minimum absolute atomic E-state index is 0.187. The summed E-state index contributed by atoms with van der Waals surface area (Å²) in [6.45, 7) is 1.58. The maximum Gasteiger partial charge on any atom is 0.158 e. The van der Waals surface area contributed by atoms with Crippen molar-refractivity contribution in [3.63, 3.8) is 0 Å². The van der Waals surface area contributed by atoms with Crippen molar-refractivity contribution in [3.05, 3.63) is 35.9 Å². The number of benzene rings is 1. The quantitative estimate of drug-likeness (QED) is 0.688. The van der Waals surface area contributed by atoms with Gasteiger partial charge in [0.05, 0.1) is 0 Å². The van der Waals surface area contributed by atoms with E-state index in [1.165, 1.54) is 5.56 Å². The molecule has 1 atom stereocenters. The molecule has 1 rings (SSSR count). The monoisotopic (exact) mass is 266 g/mol. The van der Waals surface area contributed by atoms with Gasteiger partial charge < -0.3 is 20.1 Å². The van der Waals surface area contributed by atoms with Crippen molar-refractivity contribution in [2.75, 3.05) is 34.4 Å². The number of nitrogens with two attached hydrogens (primary N) is 1. The molecule has 0 aromatic heterocycles. The van der Waals surface area contributed by atoms with Gasteiger partial charge in [0.2, 0.25) is 0 Å². The molecule has 19 heavy (non-hydrogen) atoms. The molecule has 1 aromatic rings. The number of rotatable bonds is 9. The first-order valence-corrected chi connectivity index (χ1v) is 6.71. The maximum absolute atomic E-state index is 5.85. The largest absolute Gasteiger partial charge is 0.356 e. The molecule has 0 spiro atoms. The molecule has 1 unspecified atom stereocenters. The summed E-state index contributed by atoms with van der Waals surface area (Å²) in [6, 6.07) is 10.8. The molecular formula is C15H26N2O2. The maximum atomic E-state index is 5.85. The molecule has 4 nitrogen and oxygen atoms in total. The second kappa shape index (κ2) is 9.04. The van der Waals surface area contributed by atoms with Crippen molar-refractivity contribution in [2.24, 2.45) is 5.73 Å². The van der Waals surface area contributed by atoms with Gasteiger partial charge in [0.1, 0.15) is 0 Å². The summed E-state index contributed by atoms with van der Waals surface area (Å²) in [4.78, 5) is 2.28. The molecular weight excluding hydrogens is 240 g/mol. The summed E-state index contributed by atoms with van der Waals surface area (Å²) in [5.41, 5.74) is 7.19. The van der Waals surface area contributed by atoms with Crippen molar-refractivity contribution in [2.45, 2.75) is 25.2 Å². The van der Waals surface area contributed by atoms with E-state index in [0.717, 1.165) is 19.4 Å². The van der Waals surface area contributed by atoms with Gasteiger partial charge in [0.15, 0.2) is 6.29 Å². The van der Waals surface area contributed by atoms with Gasteiger partial charge in [0.25, 0.3) is 0 Å². The molecule has 0 saturated heterocycles. The van der Waals surface area contributed by atoms with Crippen LogP contribution < -0.4 is 5.73 Å². The molecule has 0 aliphatic heterocycles. The lowest BCUT2D eigenvalue weighted by molar-refractivity contribution is -0.115. The van der Waals surface area contributed by atoms with Crippen LogP contribution in [0.3, 0.4) is 0 Å². The first-order chi connectivity index (χ1) is 9.21. The molecule has 0 saturated carbocycles. The molecule has 0 fully saturated rings. The SMILES string of the molecule is COC(CC(CN)N(C)CCc1ccccc1)OC. The molecule has 0 radical (unpaired) electrons. The van der Waals surface area contributed by atoms with Gasteiger partial charge in [0, 0.05) is 39.8 Å². The molecule has 2 N–H and O–H groups in total. The number of nitrogens with zero attached hydrogens (tertiary/aromatic N) is 1. The zero-order chi connectivity index (χ0) is 14.1. The number of methoxy groups -OCH3 is 2. The van der Waals surface area contributed by atoms with E-state index in [-0.39, 0.29) is 12.3 Å². The molecule has 108 valence electrons. The second-order valence-corrected chi connectivity index (χ2v) is 4.74. The van der Waals surface area contributed by atoms with Gasteiger partial charge in [-0.1, -0.05) is 30.3 Å². The minimum Gasteiger partial charge on any atom is -0.356 e. The Hall–Kier alpha value is -0.940. The molecule has 0 amide bonds. The molecule has 1 aromatic carbocycles. The van der Waals surface area contributed by atoms with Crippen LogP contribution in [-0.4, -0.2) is 51.6 Å². The fraction of sp³-hybridized carbons (Fsp3) is 0.600. The number of hydrogen-bond acceptors (Lipinski definition) is 4. The summed E-state index contributed by atoms with van der Waals surface area (Å²) < 4.78 is 10.5. The van der Waals surface area contributed by atoms with Crippen LogP contribution in [-0.2, 0) is 15.9 Å². The lowest BCUT2D eigenvalue weighted by Crippen LogP contribution is -2.42. The lowest BCUT2D eigenvalue weighted by Gasteiger charge is -2.29. The third-order valence-corrected chi connectivity index (χ3v) is 3.48. The number of likely N-dealkylation sites (N-methyl/N-ethyl adjacent to an activating group) is 1. The second-order valence-electron chi connectivity index (χ2n) is 4.74. The van der Waals surface area contributed by atoms with Crippen LogP contribution in [0.5, 0.6) is 0 Å². The first kappa shape index (κ1) is 16.1. The Kier molecular flexibility index (Phi) is 7.67. The highest BCUT2D eigenvalue weighted by molar-refractivity contribution is 5.14. The van der Waals surface area contributed by atoms with Gasteiger partial charge in [-0.3, -0.25) is 0 Å². The van der Waals surface area contributed by atoms with Crippen molar-refractivity contribution in [1.82, 2.24) is 4.90 Å². The van der Waals surface area contributed by atoms with Crippen molar-refractivity contribution < 1.29 is 9.47 Å². The van der Waals surface area contributed by atoms with Crippen LogP contribution in [0, 0.1) is 0 Å². The van der Waals surface area contributed by atoms with E-state index < -0.39 is 0 Å². The van der Waals surface area contributed by atoms with E-state index in [0.29, 0.717) is 6.54 Å². The fourth-order valence-electron chi connectivity index (χ4n) is 2.10. The normalized spacial score (nSPS) is 13.2. The summed E-state index contributed by atoms with van der Waals surface area (Å²) in [6.07, 6.45) is 1.63. The van der Waals surface area contributed by atoms with Gasteiger partial charge in [-0.25, -0.2) is 0 Å². The smallest absolute Gasteiger partial charge is 0.158 e. The van der Waals surface area contributed by atoms with Gasteiger partial charge in [-0.05, 0) is 19.0 Å². The molecule has 0 heterocycles. The van der Waals surface area contributed by atoms with Crippen molar-refractivity contribution in [1.29, 1.82) is 0 Å². The topological polar surface area (TPSA) is 47.7 Å². The zero-order valence-electron chi connectivity index (χ0n) is 12.2. The van der Waals surface area contributed by atoms with Crippen LogP contribution in [0.25, 0.3) is 0 Å². The Balaban J connectivity index is 2.43. The van der Waals surface area contributed by atoms with Gasteiger partial charge >= 0.3 is 0 Å². The lowest BCUT2D eigenvalue weighted by atomic mass is 10.1. The minimum atomic E-state index is -0.187. The summed E-state index contributed by atoms with van der Waals surface area (Å²) in [5.74, 6) is 0. The fourth-order valence-corrected chi connectivity index (χ4v) is 2.10. The average molecular weight is 266 g/mol. The standard InChI is InChI=1S/C15H26N2O2/c1-17(10-9-13-7-5-4-6-8-13)14(12-16)11-15(18-2)19-3/h4-8,14-15H,9-12,16H2,1-3H3. The van der Waals surface area contributed by atoms with E-state index in [9.17, 15) is 0 Å². The van der Waals surface area contributed by atoms with Crippen LogP contribution >= 0.6 is 0 Å². The highest BCUT2D eigenvalue weighted by Gasteiger charge is 2.18. The summed E-state index contributed by atoms with van der Waals surface area (Å²) in [7, 11) is 5.42. The average Bonchev–Trinajstić information content (AvgIpc) is 2.47. The molecule has 4 heteroatoms. The van der Waals surface area contributed by atoms with E-state index in [1.807, 2.05) is 6.07 Å². The predicted octanol–water partition coefficient (Wildman–Crippen LogP) is 1.50. The van der Waals surface area contributed by atoms with Crippen molar-refractivity contribution in [3.8, 4) is 0 Å². The van der Waals surface area contributed by atoms with E-state index in [2.05, 4.69) is 36.2 Å². The zero-order valence-corrected chi connectivity index (χ0v) is 12.2. The van der Waals surface area contributed by atoms with Gasteiger partial charge in [-0.2, -0.15) is 0 Å². The van der Waals surface area contributed by atoms with Gasteiger partial charge in [-0.15, -0.1) is 0 Å². The Morgan fingerprint density at radius 2 is 1.79 bits per heavy atom. The number of hydrogen-bond donors (Lipinski definition) is 1. The Labute approximate surface area is 116 Å². The van der Waals surface area contributed by atoms with Crippen LogP contribution in [0.2, 0.25) is 0 Å². The molecule has 0 aliphatic carbocycles. The first-order valence-electron chi connectivity index (χ1n) is 6.71. The van der Waals surface area contributed by atoms with E-state index in [1.54, 1.807) is 14.2 Å². The van der Waals surface area contributed by atoms with Crippen molar-refractivity contribution >= 4 is 0 Å². The Morgan fingerprint density at radius 3 is 2.32 bits per heavy atom. The third-order valence-electron chi connectivity index (χ3n) is 3.48. The number of ether oxygens (including phenoxy) is 2. The predicted molar refractivity (Wildman–Crippen MR) is 78.0 cm³/mol. The van der Waals surface area contributed by atoms with E-state index >= 15 is 0 Å². The summed E-state index contributed by atoms with van der Waals surface area (Å²) >= 11 is 0. The third kappa shape index (κ3) is 5.70. The van der Waals surface area contributed by atoms with Crippen LogP contribution in [0.15, 0.2) is 30.3 Å². The van der Waals surface area contributed by atoms with E-state index in [4.69, 9.17) is 15.2 Å². The highest BCUT2D eigenvalue weighted by Crippen LogP contribution is 2.09. The Bertz CT molecular complexity index is 328.